The third-order valence-electron chi connectivity index (χ3n) is 6.71. The second kappa shape index (κ2) is 18.5. The summed E-state index contributed by atoms with van der Waals surface area (Å²) in [7, 11) is 0. The van der Waals surface area contributed by atoms with E-state index < -0.39 is 0 Å². The van der Waals surface area contributed by atoms with E-state index in [0.717, 1.165) is 51.4 Å². The number of carbonyl (C=O) groups is 2. The standard InChI is InChI=1S/C27H50O4/c1-4-7-9-10-11-12-14-20-30-26(28)24-18-15-19-25(21-24)27(29)31-22-23(16-6-3)17-13-8-5-2/h23-25H,4-22H2,1-3H3. The van der Waals surface area contributed by atoms with Gasteiger partial charge < -0.3 is 9.47 Å². The van der Waals surface area contributed by atoms with Gasteiger partial charge in [0.05, 0.1) is 25.0 Å². The lowest BCUT2D eigenvalue weighted by Gasteiger charge is -2.27. The van der Waals surface area contributed by atoms with Crippen LogP contribution < -0.4 is 0 Å². The van der Waals surface area contributed by atoms with Crippen LogP contribution in [0, 0.1) is 17.8 Å². The minimum atomic E-state index is -0.136. The topological polar surface area (TPSA) is 52.6 Å². The van der Waals surface area contributed by atoms with Crippen molar-refractivity contribution in [1.29, 1.82) is 0 Å². The fourth-order valence-corrected chi connectivity index (χ4v) is 4.69. The van der Waals surface area contributed by atoms with Crippen molar-refractivity contribution in [3.05, 3.63) is 0 Å². The van der Waals surface area contributed by atoms with Crippen LogP contribution in [0.5, 0.6) is 0 Å². The van der Waals surface area contributed by atoms with Crippen molar-refractivity contribution >= 4 is 11.9 Å². The Balaban J connectivity index is 2.26. The van der Waals surface area contributed by atoms with Crippen LogP contribution >= 0.6 is 0 Å². The molecular weight excluding hydrogens is 388 g/mol. The molecule has 0 amide bonds. The van der Waals surface area contributed by atoms with Crippen molar-refractivity contribution in [2.24, 2.45) is 17.8 Å². The van der Waals surface area contributed by atoms with E-state index in [1.165, 1.54) is 51.4 Å². The highest BCUT2D eigenvalue weighted by Crippen LogP contribution is 2.31. The molecule has 0 N–H and O–H groups in total. The van der Waals surface area contributed by atoms with Crippen molar-refractivity contribution in [2.45, 2.75) is 130 Å². The molecule has 0 heterocycles. The van der Waals surface area contributed by atoms with E-state index in [1.807, 2.05) is 0 Å². The molecule has 4 heteroatoms. The van der Waals surface area contributed by atoms with Crippen LogP contribution in [0.25, 0.3) is 0 Å². The highest BCUT2D eigenvalue weighted by atomic mass is 16.5. The van der Waals surface area contributed by atoms with E-state index in [2.05, 4.69) is 20.8 Å². The Morgan fingerprint density at radius 3 is 1.94 bits per heavy atom. The van der Waals surface area contributed by atoms with Crippen molar-refractivity contribution < 1.29 is 19.1 Å². The Labute approximate surface area is 192 Å². The fraction of sp³-hybridized carbons (Fsp3) is 0.926. The maximum absolute atomic E-state index is 12.6. The zero-order valence-corrected chi connectivity index (χ0v) is 20.8. The summed E-state index contributed by atoms with van der Waals surface area (Å²) >= 11 is 0. The predicted octanol–water partition coefficient (Wildman–Crippen LogP) is 7.63. The van der Waals surface area contributed by atoms with Crippen LogP contribution in [-0.2, 0) is 19.1 Å². The summed E-state index contributed by atoms with van der Waals surface area (Å²) in [6.45, 7) is 7.70. The van der Waals surface area contributed by atoms with Gasteiger partial charge in [-0.25, -0.2) is 0 Å². The number of esters is 2. The average Bonchev–Trinajstić information content (AvgIpc) is 2.79. The van der Waals surface area contributed by atoms with E-state index in [4.69, 9.17) is 9.47 Å². The Kier molecular flexibility index (Phi) is 16.7. The van der Waals surface area contributed by atoms with Crippen LogP contribution in [0.15, 0.2) is 0 Å². The van der Waals surface area contributed by atoms with E-state index in [0.29, 0.717) is 25.6 Å². The van der Waals surface area contributed by atoms with Crippen molar-refractivity contribution in [2.75, 3.05) is 13.2 Å². The van der Waals surface area contributed by atoms with E-state index >= 15 is 0 Å². The van der Waals surface area contributed by atoms with E-state index in [9.17, 15) is 9.59 Å². The molecule has 1 aliphatic rings. The lowest BCUT2D eigenvalue weighted by Crippen LogP contribution is -2.30. The number of unbranched alkanes of at least 4 members (excludes halogenated alkanes) is 8. The molecular formula is C27H50O4. The maximum atomic E-state index is 12.6. The zero-order chi connectivity index (χ0) is 22.7. The first-order valence-corrected chi connectivity index (χ1v) is 13.5. The summed E-state index contributed by atoms with van der Waals surface area (Å²) in [5.74, 6) is 0.00883. The lowest BCUT2D eigenvalue weighted by molar-refractivity contribution is -0.156. The maximum Gasteiger partial charge on any atom is 0.308 e. The zero-order valence-electron chi connectivity index (χ0n) is 20.8. The van der Waals surface area contributed by atoms with Crippen LogP contribution in [0.4, 0.5) is 0 Å². The van der Waals surface area contributed by atoms with Gasteiger partial charge in [-0.15, -0.1) is 0 Å². The number of hydrogen-bond acceptors (Lipinski definition) is 4. The molecule has 0 aromatic carbocycles. The number of ether oxygens (including phenoxy) is 2. The monoisotopic (exact) mass is 438 g/mol. The molecule has 0 saturated heterocycles. The molecule has 182 valence electrons. The van der Waals surface area contributed by atoms with Gasteiger partial charge in [0.1, 0.15) is 0 Å². The first-order valence-electron chi connectivity index (χ1n) is 13.5. The molecule has 1 saturated carbocycles. The van der Waals surface area contributed by atoms with Crippen LogP contribution in [0.2, 0.25) is 0 Å². The van der Waals surface area contributed by atoms with Gasteiger partial charge >= 0.3 is 11.9 Å². The quantitative estimate of drug-likeness (QED) is 0.163. The third kappa shape index (κ3) is 13.2. The smallest absolute Gasteiger partial charge is 0.308 e. The number of carbonyl (C=O) groups excluding carboxylic acids is 2. The van der Waals surface area contributed by atoms with Gasteiger partial charge in [-0.2, -0.15) is 0 Å². The average molecular weight is 439 g/mol. The van der Waals surface area contributed by atoms with Crippen molar-refractivity contribution in [3.8, 4) is 0 Å². The van der Waals surface area contributed by atoms with Crippen molar-refractivity contribution in [3.63, 3.8) is 0 Å². The molecule has 3 atom stereocenters. The number of hydrogen-bond donors (Lipinski definition) is 0. The van der Waals surface area contributed by atoms with Crippen LogP contribution in [0.1, 0.15) is 130 Å². The fourth-order valence-electron chi connectivity index (χ4n) is 4.69. The Bertz CT molecular complexity index is 462. The molecule has 0 radical (unpaired) electrons. The van der Waals surface area contributed by atoms with Gasteiger partial charge in [-0.1, -0.05) is 91.4 Å². The van der Waals surface area contributed by atoms with Gasteiger partial charge in [0.25, 0.3) is 0 Å². The molecule has 1 rings (SSSR count). The summed E-state index contributed by atoms with van der Waals surface area (Å²) in [6.07, 6.45) is 18.8. The van der Waals surface area contributed by atoms with Gasteiger partial charge in [-0.05, 0) is 44.4 Å². The molecule has 0 spiro atoms. The summed E-state index contributed by atoms with van der Waals surface area (Å²) in [5.41, 5.74) is 0. The molecule has 0 bridgehead atoms. The molecule has 1 aliphatic carbocycles. The highest BCUT2D eigenvalue weighted by molar-refractivity contribution is 5.76. The van der Waals surface area contributed by atoms with Gasteiger partial charge in [0, 0.05) is 0 Å². The van der Waals surface area contributed by atoms with Gasteiger partial charge in [0.2, 0.25) is 0 Å². The Hall–Kier alpha value is -1.06. The molecule has 1 fully saturated rings. The SMILES string of the molecule is CCCCCCCCCOC(=O)C1CCCC(C(=O)OCC(CCC)CCCCC)C1. The van der Waals surface area contributed by atoms with Gasteiger partial charge in [-0.3, -0.25) is 9.59 Å². The third-order valence-corrected chi connectivity index (χ3v) is 6.71. The molecule has 3 unspecified atom stereocenters. The normalized spacial score (nSPS) is 19.7. The summed E-state index contributed by atoms with van der Waals surface area (Å²) in [4.78, 5) is 25.1. The summed E-state index contributed by atoms with van der Waals surface area (Å²) in [5, 5.41) is 0. The second-order valence-corrected chi connectivity index (χ2v) is 9.63. The first-order chi connectivity index (χ1) is 15.1. The summed E-state index contributed by atoms with van der Waals surface area (Å²) < 4.78 is 11.2. The summed E-state index contributed by atoms with van der Waals surface area (Å²) in [6, 6.07) is 0. The lowest BCUT2D eigenvalue weighted by atomic mass is 9.81. The largest absolute Gasteiger partial charge is 0.465 e. The van der Waals surface area contributed by atoms with Crippen LogP contribution in [0.3, 0.4) is 0 Å². The number of rotatable bonds is 18. The first kappa shape index (κ1) is 28.0. The molecule has 31 heavy (non-hydrogen) atoms. The Morgan fingerprint density at radius 1 is 0.710 bits per heavy atom. The van der Waals surface area contributed by atoms with E-state index in [1.54, 1.807) is 0 Å². The van der Waals surface area contributed by atoms with E-state index in [-0.39, 0.29) is 23.8 Å². The predicted molar refractivity (Wildman–Crippen MR) is 128 cm³/mol. The van der Waals surface area contributed by atoms with Crippen LogP contribution in [-0.4, -0.2) is 25.2 Å². The minimum Gasteiger partial charge on any atom is -0.465 e. The second-order valence-electron chi connectivity index (χ2n) is 9.63. The Morgan fingerprint density at radius 2 is 1.29 bits per heavy atom. The molecule has 4 nitrogen and oxygen atoms in total. The molecule has 0 aromatic rings. The minimum absolute atomic E-state index is 0.0961. The van der Waals surface area contributed by atoms with Gasteiger partial charge in [0.15, 0.2) is 0 Å². The molecule has 0 aromatic heterocycles. The highest BCUT2D eigenvalue weighted by Gasteiger charge is 2.33. The van der Waals surface area contributed by atoms with Crippen molar-refractivity contribution in [1.82, 2.24) is 0 Å². The molecule has 0 aliphatic heterocycles.